The normalized spacial score (nSPS) is 30.5. The largest absolute Gasteiger partial charge is 0.481 e. The Morgan fingerprint density at radius 2 is 1.56 bits per heavy atom. The molecule has 8 heteroatoms. The Morgan fingerprint density at radius 1 is 0.976 bits per heavy atom. The van der Waals surface area contributed by atoms with Gasteiger partial charge in [-0.05, 0) is 43.1 Å². The first kappa shape index (κ1) is 31.9. The van der Waals surface area contributed by atoms with Gasteiger partial charge in [0, 0.05) is 12.8 Å². The van der Waals surface area contributed by atoms with Gasteiger partial charge >= 0.3 is 5.97 Å². The predicted molar refractivity (Wildman–Crippen MR) is 161 cm³/mol. The molecule has 2 aromatic rings. The molecule has 0 unspecified atom stereocenters. The van der Waals surface area contributed by atoms with Crippen molar-refractivity contribution in [2.45, 2.75) is 121 Å². The third-order valence-electron chi connectivity index (χ3n) is 9.07. The molecule has 41 heavy (non-hydrogen) atoms. The molecule has 4 rings (SSSR count). The molecule has 6 atom stereocenters. The van der Waals surface area contributed by atoms with Gasteiger partial charge in [-0.1, -0.05) is 81.4 Å². The molecule has 1 N–H and O–H groups in total. The predicted octanol–water partition coefficient (Wildman–Crippen LogP) is 6.75. The number of carbonyl (C=O) groups is 1. The van der Waals surface area contributed by atoms with Crippen LogP contribution in [0.3, 0.4) is 0 Å². The van der Waals surface area contributed by atoms with Crippen LogP contribution in [-0.4, -0.2) is 61.6 Å². The van der Waals surface area contributed by atoms with Crippen LogP contribution in [0.25, 0.3) is 0 Å². The smallest absolute Gasteiger partial charge is 0.306 e. The van der Waals surface area contributed by atoms with E-state index in [2.05, 4.69) is 40.8 Å². The standard InChI is InChI=1S/C33H48O7Si/c1-31(2,3)41(6,7)40-27-18-28-32(4,38-26(27)19-30(34)35)20-29(37-22-25-16-12-9-13-17-25)33(5,39-28)23-36-21-24-14-10-8-11-15-24/h8-17,26-29H,18-23H2,1-7H3,(H,34,35)/t26-,27+,28-,29-,32+,33+/m1/s1. The summed E-state index contributed by atoms with van der Waals surface area (Å²) in [6.07, 6.45) is -0.582. The van der Waals surface area contributed by atoms with Crippen molar-refractivity contribution in [3.05, 3.63) is 71.8 Å². The highest BCUT2D eigenvalue weighted by molar-refractivity contribution is 6.74. The van der Waals surface area contributed by atoms with Gasteiger partial charge in [0.15, 0.2) is 8.32 Å². The topological polar surface area (TPSA) is 83.5 Å². The summed E-state index contributed by atoms with van der Waals surface area (Å²) in [6, 6.07) is 20.2. The second-order valence-corrected chi connectivity index (χ2v) is 18.4. The number of ether oxygens (including phenoxy) is 4. The van der Waals surface area contributed by atoms with Gasteiger partial charge in [-0.25, -0.2) is 0 Å². The quantitative estimate of drug-likeness (QED) is 0.293. The number of hydrogen-bond donors (Lipinski definition) is 1. The van der Waals surface area contributed by atoms with Crippen molar-refractivity contribution in [3.8, 4) is 0 Å². The highest BCUT2D eigenvalue weighted by Gasteiger charge is 2.58. The first-order chi connectivity index (χ1) is 19.2. The van der Waals surface area contributed by atoms with E-state index < -0.39 is 31.6 Å². The van der Waals surface area contributed by atoms with Gasteiger partial charge in [0.25, 0.3) is 0 Å². The van der Waals surface area contributed by atoms with Gasteiger partial charge in [0.2, 0.25) is 0 Å². The Hall–Kier alpha value is -2.07. The second-order valence-electron chi connectivity index (χ2n) is 13.6. The summed E-state index contributed by atoms with van der Waals surface area (Å²) in [7, 11) is -2.20. The molecule has 2 fully saturated rings. The van der Waals surface area contributed by atoms with Gasteiger partial charge in [-0.15, -0.1) is 0 Å². The minimum Gasteiger partial charge on any atom is -0.481 e. The average molecular weight is 585 g/mol. The number of hydrogen-bond acceptors (Lipinski definition) is 6. The summed E-state index contributed by atoms with van der Waals surface area (Å²) < 4.78 is 33.2. The van der Waals surface area contributed by atoms with E-state index in [-0.39, 0.29) is 29.8 Å². The number of rotatable bonds is 11. The van der Waals surface area contributed by atoms with Gasteiger partial charge in [-0.3, -0.25) is 4.79 Å². The molecule has 0 bridgehead atoms. The number of aliphatic carboxylic acids is 1. The molecular weight excluding hydrogens is 536 g/mol. The summed E-state index contributed by atoms with van der Waals surface area (Å²) in [5.41, 5.74) is 0.703. The lowest BCUT2D eigenvalue weighted by Crippen LogP contribution is -2.68. The number of benzene rings is 2. The van der Waals surface area contributed by atoms with Crippen LogP contribution in [0, 0.1) is 0 Å². The van der Waals surface area contributed by atoms with Crippen LogP contribution in [0.5, 0.6) is 0 Å². The van der Waals surface area contributed by atoms with Gasteiger partial charge < -0.3 is 28.5 Å². The molecule has 0 saturated carbocycles. The number of carboxylic acid groups (broad SMARTS) is 1. The van der Waals surface area contributed by atoms with Gasteiger partial charge in [0.1, 0.15) is 5.60 Å². The highest BCUT2D eigenvalue weighted by Crippen LogP contribution is 2.48. The summed E-state index contributed by atoms with van der Waals surface area (Å²) >= 11 is 0. The van der Waals surface area contributed by atoms with Crippen molar-refractivity contribution in [3.63, 3.8) is 0 Å². The minimum absolute atomic E-state index is 0.0227. The molecular formula is C33H48O7Si. The summed E-state index contributed by atoms with van der Waals surface area (Å²) in [5, 5.41) is 9.74. The average Bonchev–Trinajstić information content (AvgIpc) is 2.89. The molecule has 2 aliphatic rings. The highest BCUT2D eigenvalue weighted by atomic mass is 28.4. The molecule has 226 valence electrons. The Morgan fingerprint density at radius 3 is 2.12 bits per heavy atom. The van der Waals surface area contributed by atoms with Crippen LogP contribution in [0.4, 0.5) is 0 Å². The number of fused-ring (bicyclic) bond motifs is 1. The van der Waals surface area contributed by atoms with E-state index in [1.54, 1.807) is 0 Å². The van der Waals surface area contributed by atoms with Crippen LogP contribution in [0.2, 0.25) is 18.1 Å². The second kappa shape index (κ2) is 12.7. The molecule has 2 aliphatic heterocycles. The minimum atomic E-state index is -2.20. The van der Waals surface area contributed by atoms with Crippen molar-refractivity contribution >= 4 is 14.3 Å². The third-order valence-corrected chi connectivity index (χ3v) is 13.6. The molecule has 0 radical (unpaired) electrons. The van der Waals surface area contributed by atoms with Crippen molar-refractivity contribution in [2.24, 2.45) is 0 Å². The Labute approximate surface area is 246 Å². The SMILES string of the molecule is CC(C)(C)[Si](C)(C)O[C@H]1C[C@H]2O[C@@](C)(COCc3ccccc3)[C@H](OCc3ccccc3)C[C@]2(C)O[C@@H]1CC(=O)O. The van der Waals surface area contributed by atoms with Crippen molar-refractivity contribution in [1.82, 2.24) is 0 Å². The van der Waals surface area contributed by atoms with Crippen LogP contribution >= 0.6 is 0 Å². The molecule has 2 saturated heterocycles. The number of carboxylic acids is 1. The van der Waals surface area contributed by atoms with Crippen LogP contribution in [0.1, 0.15) is 65.0 Å². The van der Waals surface area contributed by atoms with Crippen molar-refractivity contribution in [2.75, 3.05) is 6.61 Å². The Bertz CT molecular complexity index is 1140. The Balaban J connectivity index is 1.57. The lowest BCUT2D eigenvalue weighted by molar-refractivity contribution is -0.322. The zero-order valence-corrected chi connectivity index (χ0v) is 26.7. The van der Waals surface area contributed by atoms with Gasteiger partial charge in [-0.2, -0.15) is 0 Å². The molecule has 0 spiro atoms. The summed E-state index contributed by atoms with van der Waals surface area (Å²) in [6.45, 7) is 16.3. The maximum Gasteiger partial charge on any atom is 0.306 e. The fourth-order valence-electron chi connectivity index (χ4n) is 5.55. The van der Waals surface area contributed by atoms with E-state index in [1.165, 1.54) is 0 Å². The molecule has 2 aromatic carbocycles. The lowest BCUT2D eigenvalue weighted by atomic mass is 9.76. The zero-order valence-electron chi connectivity index (χ0n) is 25.7. The molecule has 7 nitrogen and oxygen atoms in total. The maximum absolute atomic E-state index is 11.9. The fraction of sp³-hybridized carbons (Fsp3) is 0.606. The molecule has 0 aliphatic carbocycles. The molecule has 0 amide bonds. The Kier molecular flexibility index (Phi) is 9.83. The van der Waals surface area contributed by atoms with E-state index in [9.17, 15) is 9.90 Å². The van der Waals surface area contributed by atoms with E-state index in [4.69, 9.17) is 23.4 Å². The van der Waals surface area contributed by atoms with Crippen LogP contribution in [-0.2, 0) is 41.4 Å². The van der Waals surface area contributed by atoms with Crippen LogP contribution in [0.15, 0.2) is 60.7 Å². The van der Waals surface area contributed by atoms with Gasteiger partial charge in [0.05, 0.1) is 56.3 Å². The monoisotopic (exact) mass is 584 g/mol. The van der Waals surface area contributed by atoms with Crippen molar-refractivity contribution in [1.29, 1.82) is 0 Å². The molecule has 0 aromatic heterocycles. The zero-order chi connectivity index (χ0) is 29.9. The van der Waals surface area contributed by atoms with E-state index in [1.807, 2.05) is 67.6 Å². The molecule has 2 heterocycles. The van der Waals surface area contributed by atoms with E-state index in [0.29, 0.717) is 32.7 Å². The van der Waals surface area contributed by atoms with E-state index in [0.717, 1.165) is 11.1 Å². The van der Waals surface area contributed by atoms with Crippen LogP contribution < -0.4 is 0 Å². The first-order valence-electron chi connectivity index (χ1n) is 14.7. The maximum atomic E-state index is 11.9. The van der Waals surface area contributed by atoms with Crippen molar-refractivity contribution < 1.29 is 33.3 Å². The summed E-state index contributed by atoms with van der Waals surface area (Å²) in [4.78, 5) is 11.9. The third kappa shape index (κ3) is 7.86. The van der Waals surface area contributed by atoms with E-state index >= 15 is 0 Å². The summed E-state index contributed by atoms with van der Waals surface area (Å²) in [5.74, 6) is -0.895. The first-order valence-corrected chi connectivity index (χ1v) is 17.6. The fourth-order valence-corrected chi connectivity index (χ4v) is 6.91. The lowest BCUT2D eigenvalue weighted by Gasteiger charge is -2.57.